The van der Waals surface area contributed by atoms with Crippen LogP contribution in [0.25, 0.3) is 0 Å². The van der Waals surface area contributed by atoms with E-state index in [9.17, 15) is 4.79 Å². The van der Waals surface area contributed by atoms with Crippen molar-refractivity contribution in [3.8, 4) is 0 Å². The normalized spacial score (nSPS) is 21.3. The summed E-state index contributed by atoms with van der Waals surface area (Å²) in [4.78, 5) is 14.6. The number of likely N-dealkylation sites (tertiary alicyclic amines) is 1. The highest BCUT2D eigenvalue weighted by atomic mass is 35.5. The molecule has 0 aliphatic carbocycles. The molecule has 0 N–H and O–H groups in total. The van der Waals surface area contributed by atoms with Crippen LogP contribution >= 0.6 is 11.6 Å². The minimum atomic E-state index is -0.120. The van der Waals surface area contributed by atoms with E-state index >= 15 is 0 Å². The molecular formula is C16H19ClN4O2. The molecule has 122 valence electrons. The second-order valence-electron chi connectivity index (χ2n) is 6.20. The molecule has 2 aromatic heterocycles. The SMILES string of the molecule is O=C(c1ccc(Cl)o1)N1CCCC1c1nnc2n1CCCCC2. The maximum atomic E-state index is 12.7. The molecule has 1 amide bonds. The van der Waals surface area contributed by atoms with Gasteiger partial charge in [-0.25, -0.2) is 0 Å². The van der Waals surface area contributed by atoms with Gasteiger partial charge in [0.2, 0.25) is 0 Å². The van der Waals surface area contributed by atoms with Gasteiger partial charge in [0.15, 0.2) is 16.8 Å². The van der Waals surface area contributed by atoms with Crippen LogP contribution < -0.4 is 0 Å². The predicted octanol–water partition coefficient (Wildman–Crippen LogP) is 3.23. The average molecular weight is 335 g/mol. The zero-order valence-electron chi connectivity index (χ0n) is 12.9. The van der Waals surface area contributed by atoms with Crippen molar-refractivity contribution in [3.63, 3.8) is 0 Å². The van der Waals surface area contributed by atoms with Gasteiger partial charge in [-0.05, 0) is 49.4 Å². The Morgan fingerprint density at radius 3 is 2.91 bits per heavy atom. The Bertz CT molecular complexity index is 723. The van der Waals surface area contributed by atoms with Gasteiger partial charge in [-0.15, -0.1) is 10.2 Å². The van der Waals surface area contributed by atoms with Crippen molar-refractivity contribution in [3.05, 3.63) is 34.8 Å². The number of furan rings is 1. The Morgan fingerprint density at radius 1 is 1.17 bits per heavy atom. The number of carbonyl (C=O) groups excluding carboxylic acids is 1. The van der Waals surface area contributed by atoms with Crippen LogP contribution in [0.1, 0.15) is 60.3 Å². The molecular weight excluding hydrogens is 316 g/mol. The van der Waals surface area contributed by atoms with Crippen LogP contribution in [0.3, 0.4) is 0 Å². The number of aromatic nitrogens is 3. The summed E-state index contributed by atoms with van der Waals surface area (Å²) >= 11 is 5.80. The van der Waals surface area contributed by atoms with Crippen LogP contribution in [-0.2, 0) is 13.0 Å². The second-order valence-corrected chi connectivity index (χ2v) is 6.57. The van der Waals surface area contributed by atoms with Crippen LogP contribution in [0, 0.1) is 0 Å². The number of halogens is 1. The summed E-state index contributed by atoms with van der Waals surface area (Å²) in [6.45, 7) is 1.66. The highest BCUT2D eigenvalue weighted by Crippen LogP contribution is 2.33. The van der Waals surface area contributed by atoms with Gasteiger partial charge >= 0.3 is 0 Å². The van der Waals surface area contributed by atoms with Crippen LogP contribution in [0.5, 0.6) is 0 Å². The van der Waals surface area contributed by atoms with Gasteiger partial charge in [-0.1, -0.05) is 6.42 Å². The second kappa shape index (κ2) is 6.00. The lowest BCUT2D eigenvalue weighted by molar-refractivity contribution is 0.0694. The lowest BCUT2D eigenvalue weighted by Gasteiger charge is -2.23. The maximum Gasteiger partial charge on any atom is 0.290 e. The van der Waals surface area contributed by atoms with E-state index in [1.807, 2.05) is 4.90 Å². The van der Waals surface area contributed by atoms with Crippen molar-refractivity contribution in [1.29, 1.82) is 0 Å². The number of aryl methyl sites for hydroxylation is 1. The van der Waals surface area contributed by atoms with Crippen LogP contribution in [0.15, 0.2) is 16.5 Å². The minimum absolute atomic E-state index is 0.0225. The van der Waals surface area contributed by atoms with Crippen LogP contribution in [0.2, 0.25) is 5.22 Å². The molecule has 0 aromatic carbocycles. The highest BCUT2D eigenvalue weighted by molar-refractivity contribution is 6.29. The van der Waals surface area contributed by atoms with Gasteiger partial charge in [-0.3, -0.25) is 4.79 Å². The third kappa shape index (κ3) is 2.65. The fourth-order valence-electron chi connectivity index (χ4n) is 3.60. The third-order valence-corrected chi connectivity index (χ3v) is 4.94. The van der Waals surface area contributed by atoms with Gasteiger partial charge < -0.3 is 13.9 Å². The molecule has 1 saturated heterocycles. The number of rotatable bonds is 2. The summed E-state index contributed by atoms with van der Waals surface area (Å²) in [5.41, 5.74) is 0. The first kappa shape index (κ1) is 14.8. The van der Waals surface area contributed by atoms with Gasteiger partial charge in [0.25, 0.3) is 5.91 Å². The maximum absolute atomic E-state index is 12.7. The Labute approximate surface area is 139 Å². The summed E-state index contributed by atoms with van der Waals surface area (Å²) in [5.74, 6) is 2.14. The number of hydrogen-bond acceptors (Lipinski definition) is 4. The molecule has 0 radical (unpaired) electrons. The molecule has 4 heterocycles. The fraction of sp³-hybridized carbons (Fsp3) is 0.562. The largest absolute Gasteiger partial charge is 0.440 e. The molecule has 1 fully saturated rings. The first-order chi connectivity index (χ1) is 11.2. The van der Waals surface area contributed by atoms with Crippen molar-refractivity contribution in [2.24, 2.45) is 0 Å². The Morgan fingerprint density at radius 2 is 2.09 bits per heavy atom. The van der Waals surface area contributed by atoms with Gasteiger partial charge in [0.1, 0.15) is 5.82 Å². The summed E-state index contributed by atoms with van der Waals surface area (Å²) < 4.78 is 7.51. The van der Waals surface area contributed by atoms with Gasteiger partial charge in [0.05, 0.1) is 6.04 Å². The first-order valence-electron chi connectivity index (χ1n) is 8.22. The standard InChI is InChI=1S/C16H19ClN4O2/c17-13-8-7-12(23-13)16(22)20-10-4-5-11(20)15-19-18-14-6-2-1-3-9-21(14)15/h7-8,11H,1-6,9-10H2. The van der Waals surface area contributed by atoms with E-state index in [1.54, 1.807) is 12.1 Å². The molecule has 2 aromatic rings. The Balaban J connectivity index is 1.63. The van der Waals surface area contributed by atoms with E-state index in [-0.39, 0.29) is 22.9 Å². The van der Waals surface area contributed by atoms with Crippen molar-refractivity contribution in [2.75, 3.05) is 6.54 Å². The monoisotopic (exact) mass is 334 g/mol. The van der Waals surface area contributed by atoms with E-state index < -0.39 is 0 Å². The lowest BCUT2D eigenvalue weighted by atomic mass is 10.2. The first-order valence-corrected chi connectivity index (χ1v) is 8.60. The van der Waals surface area contributed by atoms with E-state index in [2.05, 4.69) is 14.8 Å². The zero-order valence-corrected chi connectivity index (χ0v) is 13.6. The Hall–Kier alpha value is -1.82. The van der Waals surface area contributed by atoms with E-state index in [4.69, 9.17) is 16.0 Å². The van der Waals surface area contributed by atoms with Crippen LogP contribution in [0.4, 0.5) is 0 Å². The number of nitrogens with zero attached hydrogens (tertiary/aromatic N) is 4. The summed E-state index contributed by atoms with van der Waals surface area (Å²) in [6, 6.07) is 3.21. The molecule has 0 saturated carbocycles. The smallest absolute Gasteiger partial charge is 0.290 e. The van der Waals surface area contributed by atoms with E-state index in [0.717, 1.165) is 50.3 Å². The van der Waals surface area contributed by atoms with Crippen molar-refractivity contribution in [2.45, 2.75) is 51.1 Å². The number of fused-ring (bicyclic) bond motifs is 1. The quantitative estimate of drug-likeness (QED) is 0.845. The average Bonchev–Trinajstić information content (AvgIpc) is 3.23. The lowest BCUT2D eigenvalue weighted by Crippen LogP contribution is -2.32. The molecule has 4 rings (SSSR count). The summed E-state index contributed by atoms with van der Waals surface area (Å²) in [6.07, 6.45) is 6.39. The highest BCUT2D eigenvalue weighted by Gasteiger charge is 2.35. The number of carbonyl (C=O) groups is 1. The number of hydrogen-bond donors (Lipinski definition) is 0. The van der Waals surface area contributed by atoms with E-state index in [1.165, 1.54) is 6.42 Å². The zero-order chi connectivity index (χ0) is 15.8. The Kier molecular flexibility index (Phi) is 3.85. The molecule has 2 aliphatic heterocycles. The molecule has 7 heteroatoms. The molecule has 6 nitrogen and oxygen atoms in total. The minimum Gasteiger partial charge on any atom is -0.440 e. The van der Waals surface area contributed by atoms with Gasteiger partial charge in [-0.2, -0.15) is 0 Å². The van der Waals surface area contributed by atoms with Crippen molar-refractivity contribution in [1.82, 2.24) is 19.7 Å². The van der Waals surface area contributed by atoms with Crippen molar-refractivity contribution >= 4 is 17.5 Å². The molecule has 0 spiro atoms. The molecule has 23 heavy (non-hydrogen) atoms. The molecule has 0 bridgehead atoms. The van der Waals surface area contributed by atoms with E-state index in [0.29, 0.717) is 6.54 Å². The van der Waals surface area contributed by atoms with Crippen LogP contribution in [-0.4, -0.2) is 32.1 Å². The molecule has 1 unspecified atom stereocenters. The molecule has 1 atom stereocenters. The van der Waals surface area contributed by atoms with Crippen molar-refractivity contribution < 1.29 is 9.21 Å². The predicted molar refractivity (Wildman–Crippen MR) is 84.3 cm³/mol. The third-order valence-electron chi connectivity index (χ3n) is 4.73. The summed E-state index contributed by atoms with van der Waals surface area (Å²) in [7, 11) is 0. The summed E-state index contributed by atoms with van der Waals surface area (Å²) in [5, 5.41) is 9.01. The fourth-order valence-corrected chi connectivity index (χ4v) is 3.75. The topological polar surface area (TPSA) is 64.2 Å². The number of amides is 1. The van der Waals surface area contributed by atoms with Gasteiger partial charge in [0, 0.05) is 19.5 Å². The molecule has 2 aliphatic rings.